The lowest BCUT2D eigenvalue weighted by Crippen LogP contribution is -2.65. The highest BCUT2D eigenvalue weighted by Crippen LogP contribution is 2.26. The van der Waals surface area contributed by atoms with Crippen LogP contribution >= 0.6 is 0 Å². The smallest absolute Gasteiger partial charge is 0.0711 e. The zero-order valence-corrected chi connectivity index (χ0v) is 28.2. The molecule has 5 aromatic rings. The second-order valence-electron chi connectivity index (χ2n) is 11.2. The second kappa shape index (κ2) is 13.9. The predicted molar refractivity (Wildman–Crippen MR) is 198 cm³/mol. The molecule has 2 heteroatoms. The van der Waals surface area contributed by atoms with Gasteiger partial charge in [-0.3, -0.25) is 0 Å². The Kier molecular flexibility index (Phi) is 10.00. The van der Waals surface area contributed by atoms with Crippen LogP contribution in [0.5, 0.6) is 0 Å². The van der Waals surface area contributed by atoms with E-state index in [-0.39, 0.29) is 0 Å². The normalized spacial score (nSPS) is 13.0. The lowest BCUT2D eigenvalue weighted by molar-refractivity contribution is 1.12. The molecule has 0 saturated carbocycles. The van der Waals surface area contributed by atoms with Crippen LogP contribution in [0, 0.1) is 0 Å². The monoisotopic (exact) mass is 574 g/mol. The molecule has 4 aliphatic heterocycles. The summed E-state index contributed by atoms with van der Waals surface area (Å²) < 4.78 is 0. The first-order valence-corrected chi connectivity index (χ1v) is 17.4. The van der Waals surface area contributed by atoms with E-state index in [9.17, 15) is 0 Å². The summed E-state index contributed by atoms with van der Waals surface area (Å²) in [5, 5.41) is 0. The lowest BCUT2D eigenvalue weighted by Gasteiger charge is -2.38. The van der Waals surface area contributed by atoms with Gasteiger partial charge in [-0.25, -0.2) is 0 Å². The first-order valence-electron chi connectivity index (χ1n) is 17.4. The van der Waals surface area contributed by atoms with E-state index >= 15 is 0 Å². The molecule has 4 heterocycles. The molecule has 44 heavy (non-hydrogen) atoms. The van der Waals surface area contributed by atoms with Gasteiger partial charge in [0.2, 0.25) is 13.4 Å². The summed E-state index contributed by atoms with van der Waals surface area (Å²) in [6.45, 7) is 16.7. The van der Waals surface area contributed by atoms with Gasteiger partial charge >= 0.3 is 0 Å². The number of hydrogen-bond donors (Lipinski definition) is 0. The summed E-state index contributed by atoms with van der Waals surface area (Å²) in [6.07, 6.45) is 4.23. The molecule has 0 fully saturated rings. The van der Waals surface area contributed by atoms with Crippen molar-refractivity contribution in [2.45, 2.75) is 81.1 Å². The van der Waals surface area contributed by atoms with Gasteiger partial charge in [-0.15, -0.1) is 0 Å². The van der Waals surface area contributed by atoms with Crippen molar-refractivity contribution < 1.29 is 0 Å². The Balaban J connectivity index is 0.000000448. The minimum absolute atomic E-state index is 0.352. The zero-order chi connectivity index (χ0) is 31.4. The zero-order valence-electron chi connectivity index (χ0n) is 28.2. The van der Waals surface area contributed by atoms with Crippen molar-refractivity contribution in [2.75, 3.05) is 0 Å². The topological polar surface area (TPSA) is 0 Å². The Hall–Kier alpha value is -3.77. The van der Waals surface area contributed by atoms with Crippen LogP contribution in [0.1, 0.15) is 99.9 Å². The van der Waals surface area contributed by atoms with Gasteiger partial charge in [-0.2, -0.15) is 0 Å². The van der Waals surface area contributed by atoms with E-state index in [0.29, 0.717) is 13.4 Å². The number of rotatable bonds is 0. The molecule has 0 aromatic heterocycles. The van der Waals surface area contributed by atoms with Gasteiger partial charge in [0.15, 0.2) is 0 Å². The molecule has 0 amide bonds. The molecule has 222 valence electrons. The number of hydrogen-bond acceptors (Lipinski definition) is 0. The molecule has 0 nitrogen and oxygen atoms in total. The summed E-state index contributed by atoms with van der Waals surface area (Å²) in [5.41, 5.74) is 21.4. The highest BCUT2D eigenvalue weighted by molar-refractivity contribution is 7.00. The molecule has 0 atom stereocenters. The fourth-order valence-electron chi connectivity index (χ4n) is 8.00. The maximum atomic E-state index is 2.64. The minimum Gasteiger partial charge on any atom is -0.0711 e. The third-order valence-electron chi connectivity index (χ3n) is 9.43. The molecule has 0 bridgehead atoms. The van der Waals surface area contributed by atoms with Crippen molar-refractivity contribution in [2.24, 2.45) is 0 Å². The molecular weight excluding hydrogens is 526 g/mol. The van der Waals surface area contributed by atoms with Crippen molar-refractivity contribution >= 4 is 46.2 Å². The van der Waals surface area contributed by atoms with E-state index in [0.717, 1.165) is 25.7 Å². The molecular formula is C42H48B2. The van der Waals surface area contributed by atoms with Crippen molar-refractivity contribution in [1.82, 2.24) is 0 Å². The van der Waals surface area contributed by atoms with Crippen molar-refractivity contribution in [3.8, 4) is 0 Å². The molecule has 0 radical (unpaired) electrons. The Morgan fingerprint density at radius 2 is 0.636 bits per heavy atom. The van der Waals surface area contributed by atoms with E-state index in [1.54, 1.807) is 21.9 Å². The third kappa shape index (κ3) is 5.07. The molecule has 0 unspecified atom stereocenters. The largest absolute Gasteiger partial charge is 0.242 e. The van der Waals surface area contributed by atoms with Gasteiger partial charge in [0.05, 0.1) is 0 Å². The summed E-state index contributed by atoms with van der Waals surface area (Å²) in [6, 6.07) is 37.6. The van der Waals surface area contributed by atoms with Crippen LogP contribution in [0.4, 0.5) is 0 Å². The fraction of sp³-hybridized carbons (Fsp3) is 0.286. The van der Waals surface area contributed by atoms with Crippen LogP contribution in [-0.4, -0.2) is 13.4 Å². The minimum atomic E-state index is 0.352. The first kappa shape index (κ1) is 31.6. The van der Waals surface area contributed by atoms with Gasteiger partial charge < -0.3 is 0 Å². The molecule has 0 saturated heterocycles. The van der Waals surface area contributed by atoms with E-state index in [4.69, 9.17) is 0 Å². The molecule has 9 rings (SSSR count). The highest BCUT2D eigenvalue weighted by atomic mass is 14.3. The van der Waals surface area contributed by atoms with Crippen LogP contribution in [0.3, 0.4) is 0 Å². The molecule has 0 aliphatic carbocycles. The van der Waals surface area contributed by atoms with Crippen LogP contribution in [-0.2, 0) is 25.7 Å². The Bertz CT molecular complexity index is 1640. The maximum absolute atomic E-state index is 2.64. The highest BCUT2D eigenvalue weighted by Gasteiger charge is 2.41. The quantitative estimate of drug-likeness (QED) is 0.183. The van der Waals surface area contributed by atoms with E-state index in [2.05, 4.69) is 97.1 Å². The molecule has 0 spiro atoms. The molecule has 5 aromatic carbocycles. The van der Waals surface area contributed by atoms with Crippen molar-refractivity contribution in [3.05, 3.63) is 142 Å². The van der Waals surface area contributed by atoms with E-state index in [1.165, 1.54) is 55.4 Å². The number of fused-ring (bicyclic) bond motifs is 8. The standard InChI is InChI=1S/C34H24B2.4C2H6/c1-3-13-29-21(7-1)15-23-9-5-11-25-17-27-19-28-18-26-12-6-10-24-16-22-8-2-4-14-30(22)36(34(24)26)32(28)20-31(27)35(29)33(23)25;4*1-2/h1-14,19-20H,15-18H2;4*1-2H3. The van der Waals surface area contributed by atoms with Gasteiger partial charge in [0.1, 0.15) is 0 Å². The van der Waals surface area contributed by atoms with Crippen molar-refractivity contribution in [1.29, 1.82) is 0 Å². The first-order chi connectivity index (χ1) is 21.8. The SMILES string of the molecule is CC.CC.CC.CC.c1ccc2c(c1)Cc1cccc3c1B2c1cc2c(cc1C3)Cc1cccc3c1B2c1ccccc1C3. The second-order valence-corrected chi connectivity index (χ2v) is 11.2. The molecule has 4 aliphatic rings. The van der Waals surface area contributed by atoms with Crippen LogP contribution in [0.15, 0.2) is 97.1 Å². The Labute approximate surface area is 268 Å². The summed E-state index contributed by atoms with van der Waals surface area (Å²) in [5.74, 6) is 0. The van der Waals surface area contributed by atoms with Crippen molar-refractivity contribution in [3.63, 3.8) is 0 Å². The van der Waals surface area contributed by atoms with Gasteiger partial charge in [0, 0.05) is 0 Å². The number of benzene rings is 5. The van der Waals surface area contributed by atoms with Gasteiger partial charge in [-0.1, -0.05) is 185 Å². The van der Waals surface area contributed by atoms with Crippen LogP contribution in [0.2, 0.25) is 0 Å². The van der Waals surface area contributed by atoms with E-state index < -0.39 is 0 Å². The van der Waals surface area contributed by atoms with Crippen LogP contribution in [0.25, 0.3) is 0 Å². The average molecular weight is 574 g/mol. The third-order valence-corrected chi connectivity index (χ3v) is 9.43. The summed E-state index contributed by atoms with van der Waals surface area (Å²) >= 11 is 0. The van der Waals surface area contributed by atoms with Gasteiger partial charge in [0.25, 0.3) is 0 Å². The van der Waals surface area contributed by atoms with Crippen LogP contribution < -0.4 is 32.8 Å². The summed E-state index contributed by atoms with van der Waals surface area (Å²) in [4.78, 5) is 0. The maximum Gasteiger partial charge on any atom is 0.242 e. The summed E-state index contributed by atoms with van der Waals surface area (Å²) in [7, 11) is 0. The average Bonchev–Trinajstić information content (AvgIpc) is 3.11. The predicted octanol–water partition coefficient (Wildman–Crippen LogP) is 6.44. The molecule has 0 N–H and O–H groups in total. The lowest BCUT2D eigenvalue weighted by atomic mass is 9.27. The van der Waals surface area contributed by atoms with E-state index in [1.807, 2.05) is 55.4 Å². The Morgan fingerprint density at radius 3 is 1.02 bits per heavy atom. The van der Waals surface area contributed by atoms with Gasteiger partial charge in [-0.05, 0) is 70.2 Å². The fourth-order valence-corrected chi connectivity index (χ4v) is 8.00. The Morgan fingerprint density at radius 1 is 0.318 bits per heavy atom.